The summed E-state index contributed by atoms with van der Waals surface area (Å²) in [6.07, 6.45) is 5.91. The van der Waals surface area contributed by atoms with E-state index in [9.17, 15) is 0 Å². The number of anilines is 1. The molecule has 0 N–H and O–H groups in total. The lowest BCUT2D eigenvalue weighted by molar-refractivity contribution is 0.325. The van der Waals surface area contributed by atoms with Gasteiger partial charge in [0.15, 0.2) is 5.82 Å². The van der Waals surface area contributed by atoms with Gasteiger partial charge in [0.1, 0.15) is 0 Å². The van der Waals surface area contributed by atoms with Gasteiger partial charge in [0, 0.05) is 18.4 Å². The second kappa shape index (κ2) is 6.19. The molecule has 1 fully saturated rings. The summed E-state index contributed by atoms with van der Waals surface area (Å²) in [6.45, 7) is 4.70. The molecule has 1 saturated heterocycles. The van der Waals surface area contributed by atoms with Gasteiger partial charge in [-0.25, -0.2) is 0 Å². The van der Waals surface area contributed by atoms with Crippen molar-refractivity contribution in [3.05, 3.63) is 12.4 Å². The Morgan fingerprint density at radius 2 is 2.18 bits per heavy atom. The van der Waals surface area contributed by atoms with E-state index in [1.165, 1.54) is 12.8 Å². The largest absolute Gasteiger partial charge is 0.477 e. The lowest BCUT2D eigenvalue weighted by Crippen LogP contribution is -2.34. The van der Waals surface area contributed by atoms with Crippen LogP contribution in [0.2, 0.25) is 0 Å². The molecule has 2 rings (SSSR count). The molecule has 2 heterocycles. The van der Waals surface area contributed by atoms with Crippen LogP contribution in [0.4, 0.5) is 5.82 Å². The Bertz CT molecular complexity index is 353. The SMILES string of the molecule is CCOc1cncc(N2CCC(CBr)CC2)n1. The number of alkyl halides is 1. The van der Waals surface area contributed by atoms with Crippen molar-refractivity contribution in [2.75, 3.05) is 29.9 Å². The van der Waals surface area contributed by atoms with Gasteiger partial charge in [0.25, 0.3) is 0 Å². The molecule has 0 unspecified atom stereocenters. The van der Waals surface area contributed by atoms with Gasteiger partial charge in [-0.2, -0.15) is 4.98 Å². The van der Waals surface area contributed by atoms with Gasteiger partial charge in [0.05, 0.1) is 19.0 Å². The Morgan fingerprint density at radius 1 is 1.41 bits per heavy atom. The third-order valence-electron chi connectivity index (χ3n) is 3.05. The van der Waals surface area contributed by atoms with E-state index >= 15 is 0 Å². The fraction of sp³-hybridized carbons (Fsp3) is 0.667. The summed E-state index contributed by atoms with van der Waals surface area (Å²) in [5.74, 6) is 2.35. The highest BCUT2D eigenvalue weighted by Crippen LogP contribution is 2.23. The minimum atomic E-state index is 0.618. The van der Waals surface area contributed by atoms with Crippen molar-refractivity contribution >= 4 is 21.7 Å². The smallest absolute Gasteiger partial charge is 0.234 e. The number of aromatic nitrogens is 2. The fourth-order valence-electron chi connectivity index (χ4n) is 2.02. The summed E-state index contributed by atoms with van der Waals surface area (Å²) >= 11 is 3.55. The zero-order valence-electron chi connectivity index (χ0n) is 10.1. The molecule has 0 radical (unpaired) electrons. The highest BCUT2D eigenvalue weighted by molar-refractivity contribution is 9.09. The van der Waals surface area contributed by atoms with Gasteiger partial charge in [-0.15, -0.1) is 0 Å². The number of hydrogen-bond donors (Lipinski definition) is 0. The van der Waals surface area contributed by atoms with Crippen molar-refractivity contribution in [3.8, 4) is 5.88 Å². The molecular formula is C12H18BrN3O. The third-order valence-corrected chi connectivity index (χ3v) is 3.96. The van der Waals surface area contributed by atoms with Gasteiger partial charge in [-0.3, -0.25) is 4.98 Å². The zero-order chi connectivity index (χ0) is 12.1. The second-order valence-corrected chi connectivity index (χ2v) is 4.88. The average molecular weight is 300 g/mol. The molecule has 5 heteroatoms. The zero-order valence-corrected chi connectivity index (χ0v) is 11.7. The maximum atomic E-state index is 5.37. The molecule has 0 aromatic carbocycles. The topological polar surface area (TPSA) is 38.2 Å². The first-order valence-electron chi connectivity index (χ1n) is 6.09. The summed E-state index contributed by atoms with van der Waals surface area (Å²) in [6, 6.07) is 0. The van der Waals surface area contributed by atoms with Gasteiger partial charge >= 0.3 is 0 Å². The average Bonchev–Trinajstić information content (AvgIpc) is 2.40. The standard InChI is InChI=1S/C12H18BrN3O/c1-2-17-12-9-14-8-11(15-12)16-5-3-10(7-13)4-6-16/h8-10H,2-7H2,1H3. The van der Waals surface area contributed by atoms with Crippen LogP contribution in [0.25, 0.3) is 0 Å². The molecule has 1 aromatic heterocycles. The molecule has 1 aromatic rings. The molecule has 0 spiro atoms. The summed E-state index contributed by atoms with van der Waals surface area (Å²) < 4.78 is 5.37. The fourth-order valence-corrected chi connectivity index (χ4v) is 2.67. The Kier molecular flexibility index (Phi) is 4.59. The predicted octanol–water partition coefficient (Wildman–Crippen LogP) is 2.49. The van der Waals surface area contributed by atoms with Crippen LogP contribution in [0, 0.1) is 5.92 Å². The maximum Gasteiger partial charge on any atom is 0.234 e. The second-order valence-electron chi connectivity index (χ2n) is 4.23. The van der Waals surface area contributed by atoms with E-state index in [0.717, 1.165) is 30.2 Å². The quantitative estimate of drug-likeness (QED) is 0.801. The van der Waals surface area contributed by atoms with E-state index in [1.807, 2.05) is 13.1 Å². The number of piperidine rings is 1. The van der Waals surface area contributed by atoms with Gasteiger partial charge in [-0.1, -0.05) is 15.9 Å². The molecule has 1 aliphatic heterocycles. The first-order valence-corrected chi connectivity index (χ1v) is 7.21. The first kappa shape index (κ1) is 12.6. The van der Waals surface area contributed by atoms with E-state index in [0.29, 0.717) is 12.5 Å². The first-order chi connectivity index (χ1) is 8.33. The van der Waals surface area contributed by atoms with Crippen LogP contribution in [0.3, 0.4) is 0 Å². The van der Waals surface area contributed by atoms with Crippen molar-refractivity contribution in [1.29, 1.82) is 0 Å². The Balaban J connectivity index is 2.00. The Morgan fingerprint density at radius 3 is 2.82 bits per heavy atom. The summed E-state index contributed by atoms with van der Waals surface area (Å²) in [7, 11) is 0. The Labute approximate surface area is 111 Å². The van der Waals surface area contributed by atoms with Crippen LogP contribution in [-0.4, -0.2) is 35.0 Å². The van der Waals surface area contributed by atoms with Crippen LogP contribution in [0.15, 0.2) is 12.4 Å². The molecule has 0 aliphatic carbocycles. The molecule has 0 saturated carbocycles. The number of nitrogens with zero attached hydrogens (tertiary/aromatic N) is 3. The summed E-state index contributed by atoms with van der Waals surface area (Å²) in [5, 5.41) is 1.10. The van der Waals surface area contributed by atoms with Gasteiger partial charge in [-0.05, 0) is 25.7 Å². The molecule has 17 heavy (non-hydrogen) atoms. The molecule has 0 bridgehead atoms. The van der Waals surface area contributed by atoms with Crippen molar-refractivity contribution in [3.63, 3.8) is 0 Å². The summed E-state index contributed by atoms with van der Waals surface area (Å²) in [4.78, 5) is 10.9. The predicted molar refractivity (Wildman–Crippen MR) is 71.9 cm³/mol. The van der Waals surface area contributed by atoms with E-state index < -0.39 is 0 Å². The molecule has 1 aliphatic rings. The van der Waals surface area contributed by atoms with E-state index in [4.69, 9.17) is 4.74 Å². The van der Waals surface area contributed by atoms with Gasteiger partial charge < -0.3 is 9.64 Å². The lowest BCUT2D eigenvalue weighted by Gasteiger charge is -2.31. The normalized spacial score (nSPS) is 17.2. The van der Waals surface area contributed by atoms with Crippen LogP contribution >= 0.6 is 15.9 Å². The number of ether oxygens (including phenoxy) is 1. The number of hydrogen-bond acceptors (Lipinski definition) is 4. The van der Waals surface area contributed by atoms with Crippen molar-refractivity contribution in [2.45, 2.75) is 19.8 Å². The Hall–Kier alpha value is -0.840. The molecule has 94 valence electrons. The maximum absolute atomic E-state index is 5.37. The van der Waals surface area contributed by atoms with Crippen molar-refractivity contribution < 1.29 is 4.74 Å². The highest BCUT2D eigenvalue weighted by atomic mass is 79.9. The van der Waals surface area contributed by atoms with Crippen molar-refractivity contribution in [2.24, 2.45) is 5.92 Å². The van der Waals surface area contributed by atoms with Crippen LogP contribution in [0.1, 0.15) is 19.8 Å². The van der Waals surface area contributed by atoms with Crippen LogP contribution in [-0.2, 0) is 0 Å². The molecule has 4 nitrogen and oxygen atoms in total. The van der Waals surface area contributed by atoms with Crippen LogP contribution in [0.5, 0.6) is 5.88 Å². The van der Waals surface area contributed by atoms with E-state index in [2.05, 4.69) is 30.8 Å². The number of rotatable bonds is 4. The minimum Gasteiger partial charge on any atom is -0.477 e. The van der Waals surface area contributed by atoms with Crippen LogP contribution < -0.4 is 9.64 Å². The monoisotopic (exact) mass is 299 g/mol. The molecular weight excluding hydrogens is 282 g/mol. The van der Waals surface area contributed by atoms with E-state index in [1.54, 1.807) is 6.20 Å². The van der Waals surface area contributed by atoms with Crippen molar-refractivity contribution in [1.82, 2.24) is 9.97 Å². The van der Waals surface area contributed by atoms with Gasteiger partial charge in [0.2, 0.25) is 5.88 Å². The lowest BCUT2D eigenvalue weighted by atomic mass is 9.99. The minimum absolute atomic E-state index is 0.618. The third kappa shape index (κ3) is 3.31. The number of halogens is 1. The molecule has 0 amide bonds. The summed E-state index contributed by atoms with van der Waals surface area (Å²) in [5.41, 5.74) is 0. The highest BCUT2D eigenvalue weighted by Gasteiger charge is 2.19. The molecule has 0 atom stereocenters. The van der Waals surface area contributed by atoms with E-state index in [-0.39, 0.29) is 0 Å².